The fourth-order valence-electron chi connectivity index (χ4n) is 0.354. The summed E-state index contributed by atoms with van der Waals surface area (Å²) in [4.78, 5) is 0. The van der Waals surface area contributed by atoms with Gasteiger partial charge in [0.1, 0.15) is 0 Å². The molecule has 0 aromatic carbocycles. The van der Waals surface area contributed by atoms with Gasteiger partial charge in [0, 0.05) is 13.2 Å². The molecule has 0 amide bonds. The van der Waals surface area contributed by atoms with Crippen LogP contribution in [0.5, 0.6) is 0 Å². The lowest BCUT2D eigenvalue weighted by Gasteiger charge is -2.00. The second kappa shape index (κ2) is 11.5. The molecule has 0 heterocycles. The molecule has 74 valence electrons. The Morgan fingerprint density at radius 1 is 0.833 bits per heavy atom. The van der Waals surface area contributed by atoms with E-state index in [1.165, 1.54) is 0 Å². The third-order valence-electron chi connectivity index (χ3n) is 0.896. The maximum absolute atomic E-state index is 8.38. The van der Waals surface area contributed by atoms with Crippen molar-refractivity contribution in [1.29, 1.82) is 0 Å². The lowest BCUT2D eigenvalue weighted by molar-refractivity contribution is 0.247. The number of rotatable bonds is 9. The maximum Gasteiger partial charge on any atom is 0.0925 e. The van der Waals surface area contributed by atoms with Gasteiger partial charge >= 0.3 is 0 Å². The van der Waals surface area contributed by atoms with Crippen LogP contribution >= 0.6 is 22.1 Å². The Morgan fingerprint density at radius 3 is 1.58 bits per heavy atom. The van der Waals surface area contributed by atoms with Gasteiger partial charge in [-0.05, 0) is 12.8 Å². The van der Waals surface area contributed by atoms with Crippen LogP contribution in [0.15, 0.2) is 0 Å². The van der Waals surface area contributed by atoms with Gasteiger partial charge in [-0.3, -0.25) is 0 Å². The molecule has 0 bridgehead atoms. The Labute approximate surface area is 80.4 Å². The minimum Gasteiger partial charge on any atom is -0.396 e. The molecule has 0 aromatic heterocycles. The second-order valence-corrected chi connectivity index (χ2v) is 3.49. The fraction of sp³-hybridized carbons (Fsp3) is 1.00. The van der Waals surface area contributed by atoms with Crippen molar-refractivity contribution >= 4 is 22.1 Å². The monoisotopic (exact) mass is 214 g/mol. The summed E-state index contributed by atoms with van der Waals surface area (Å²) < 4.78 is 9.97. The molecule has 0 fully saturated rings. The Bertz CT molecular complexity index is 73.9. The molecule has 0 aliphatic heterocycles. The molecule has 6 heteroatoms. The van der Waals surface area contributed by atoms with E-state index in [9.17, 15) is 0 Å². The quantitative estimate of drug-likeness (QED) is 0.339. The van der Waals surface area contributed by atoms with Gasteiger partial charge in [0.15, 0.2) is 0 Å². The van der Waals surface area contributed by atoms with Crippen LogP contribution in [0.25, 0.3) is 0 Å². The first kappa shape index (κ1) is 12.5. The molecule has 0 saturated heterocycles. The molecule has 2 N–H and O–H groups in total. The fourth-order valence-corrected chi connectivity index (χ4v) is 1.45. The smallest absolute Gasteiger partial charge is 0.0925 e. The largest absolute Gasteiger partial charge is 0.396 e. The minimum absolute atomic E-state index is 0.149. The van der Waals surface area contributed by atoms with E-state index in [2.05, 4.69) is 0 Å². The Morgan fingerprint density at radius 2 is 1.25 bits per heavy atom. The van der Waals surface area contributed by atoms with E-state index in [0.29, 0.717) is 26.1 Å². The molecule has 0 spiro atoms. The average molecular weight is 214 g/mol. The van der Waals surface area contributed by atoms with Crippen LogP contribution in [0.4, 0.5) is 0 Å². The van der Waals surface area contributed by atoms with Gasteiger partial charge in [-0.1, -0.05) is 0 Å². The molecule has 0 atom stereocenters. The predicted molar refractivity (Wildman–Crippen MR) is 50.5 cm³/mol. The van der Waals surface area contributed by atoms with Gasteiger partial charge < -0.3 is 18.6 Å². The third-order valence-corrected chi connectivity index (χ3v) is 2.22. The molecule has 4 nitrogen and oxygen atoms in total. The molecule has 0 aliphatic rings. The lowest BCUT2D eigenvalue weighted by Crippen LogP contribution is -1.91. The van der Waals surface area contributed by atoms with Crippen molar-refractivity contribution in [2.24, 2.45) is 0 Å². The van der Waals surface area contributed by atoms with Crippen LogP contribution in [0.2, 0.25) is 0 Å². The number of aliphatic hydroxyl groups is 2. The summed E-state index contributed by atoms with van der Waals surface area (Å²) in [5, 5.41) is 16.8. The zero-order valence-corrected chi connectivity index (χ0v) is 8.40. The van der Waals surface area contributed by atoms with Crippen LogP contribution in [0.1, 0.15) is 12.8 Å². The molecule has 0 saturated carbocycles. The van der Waals surface area contributed by atoms with Crippen molar-refractivity contribution in [2.75, 3.05) is 26.4 Å². The van der Waals surface area contributed by atoms with Crippen molar-refractivity contribution in [3.8, 4) is 0 Å². The van der Waals surface area contributed by atoms with Crippen LogP contribution in [-0.4, -0.2) is 36.6 Å². The zero-order valence-electron chi connectivity index (χ0n) is 6.77. The SMILES string of the molecule is OCCCOSSOCCCO. The van der Waals surface area contributed by atoms with E-state index in [1.54, 1.807) is 0 Å². The first-order chi connectivity index (χ1) is 5.91. The second-order valence-electron chi connectivity index (χ2n) is 1.93. The summed E-state index contributed by atoms with van der Waals surface area (Å²) in [5.41, 5.74) is 0. The molecule has 0 aliphatic carbocycles. The van der Waals surface area contributed by atoms with E-state index >= 15 is 0 Å². The normalized spacial score (nSPS) is 10.5. The molecular formula is C6H14O4S2. The highest BCUT2D eigenvalue weighted by Crippen LogP contribution is 2.23. The molecule has 0 unspecified atom stereocenters. The van der Waals surface area contributed by atoms with E-state index in [1.807, 2.05) is 0 Å². The summed E-state index contributed by atoms with van der Waals surface area (Å²) in [6.07, 6.45) is 1.29. The average Bonchev–Trinajstić information content (AvgIpc) is 2.10. The van der Waals surface area contributed by atoms with Gasteiger partial charge in [0.2, 0.25) is 0 Å². The van der Waals surface area contributed by atoms with Crippen molar-refractivity contribution in [2.45, 2.75) is 12.8 Å². The van der Waals surface area contributed by atoms with Gasteiger partial charge in [0.25, 0.3) is 0 Å². The molecule has 12 heavy (non-hydrogen) atoms. The lowest BCUT2D eigenvalue weighted by atomic mass is 10.5. The van der Waals surface area contributed by atoms with E-state index < -0.39 is 0 Å². The summed E-state index contributed by atoms with van der Waals surface area (Å²) >= 11 is 2.29. The standard InChI is InChI=1S/C6H14O4S2/c7-3-1-5-9-11-12-10-6-2-4-8/h7-8H,1-6H2. The summed E-state index contributed by atoms with van der Waals surface area (Å²) in [6.45, 7) is 1.35. The van der Waals surface area contributed by atoms with E-state index in [0.717, 1.165) is 22.1 Å². The van der Waals surface area contributed by atoms with E-state index in [-0.39, 0.29) is 13.2 Å². The van der Waals surface area contributed by atoms with Crippen LogP contribution < -0.4 is 0 Å². The van der Waals surface area contributed by atoms with Crippen molar-refractivity contribution in [3.05, 3.63) is 0 Å². The van der Waals surface area contributed by atoms with Gasteiger partial charge in [0.05, 0.1) is 35.4 Å². The Hall–Kier alpha value is 0.540. The minimum atomic E-state index is 0.149. The van der Waals surface area contributed by atoms with Gasteiger partial charge in [-0.15, -0.1) is 0 Å². The highest BCUT2D eigenvalue weighted by Gasteiger charge is 1.91. The summed E-state index contributed by atoms with van der Waals surface area (Å²) in [5.74, 6) is 0. The summed E-state index contributed by atoms with van der Waals surface area (Å²) in [6, 6.07) is 0. The Kier molecular flexibility index (Phi) is 12.1. The van der Waals surface area contributed by atoms with Crippen molar-refractivity contribution < 1.29 is 18.6 Å². The first-order valence-electron chi connectivity index (χ1n) is 3.71. The first-order valence-corrected chi connectivity index (χ1v) is 5.71. The van der Waals surface area contributed by atoms with Gasteiger partial charge in [-0.2, -0.15) is 0 Å². The van der Waals surface area contributed by atoms with Crippen molar-refractivity contribution in [3.63, 3.8) is 0 Å². The number of aliphatic hydroxyl groups excluding tert-OH is 2. The molecule has 0 aromatic rings. The van der Waals surface area contributed by atoms with Crippen molar-refractivity contribution in [1.82, 2.24) is 0 Å². The van der Waals surface area contributed by atoms with Crippen LogP contribution in [0.3, 0.4) is 0 Å². The highest BCUT2D eigenvalue weighted by atomic mass is 33.1. The van der Waals surface area contributed by atoms with Gasteiger partial charge in [-0.25, -0.2) is 0 Å². The topological polar surface area (TPSA) is 58.9 Å². The van der Waals surface area contributed by atoms with Crippen LogP contribution in [0, 0.1) is 0 Å². The predicted octanol–water partition coefficient (Wildman–Crippen LogP) is 0.996. The number of hydrogen-bond acceptors (Lipinski definition) is 6. The molecule has 0 rings (SSSR count). The highest BCUT2D eigenvalue weighted by molar-refractivity contribution is 8.73. The third kappa shape index (κ3) is 10.5. The Balaban J connectivity index is 2.73. The van der Waals surface area contributed by atoms with Crippen LogP contribution in [-0.2, 0) is 8.37 Å². The summed E-state index contributed by atoms with van der Waals surface area (Å²) in [7, 11) is 0. The molecule has 0 radical (unpaired) electrons. The molecular weight excluding hydrogens is 200 g/mol. The van der Waals surface area contributed by atoms with E-state index in [4.69, 9.17) is 18.6 Å². The number of hydrogen-bond donors (Lipinski definition) is 2. The maximum atomic E-state index is 8.38. The zero-order chi connectivity index (χ0) is 9.07.